The number of amides is 1. The first kappa shape index (κ1) is 9.48. The van der Waals surface area contributed by atoms with E-state index in [0.29, 0.717) is 12.5 Å². The maximum atomic E-state index is 11.4. The van der Waals surface area contributed by atoms with Crippen LogP contribution in [0, 0.1) is 11.8 Å². The molecule has 0 spiro atoms. The van der Waals surface area contributed by atoms with E-state index in [9.17, 15) is 4.79 Å². The molecule has 1 saturated carbocycles. The van der Waals surface area contributed by atoms with Crippen LogP contribution in [-0.2, 0) is 9.63 Å². The van der Waals surface area contributed by atoms with E-state index in [1.165, 1.54) is 12.2 Å². The van der Waals surface area contributed by atoms with Crippen molar-refractivity contribution in [3.63, 3.8) is 0 Å². The van der Waals surface area contributed by atoms with Gasteiger partial charge in [0.05, 0.1) is 7.11 Å². The molecule has 70 valence electrons. The van der Waals surface area contributed by atoms with Crippen LogP contribution in [0.15, 0.2) is 0 Å². The monoisotopic (exact) mass is 172 g/mol. The Labute approximate surface area is 72.6 Å². The molecule has 0 heterocycles. The molecule has 2 N–H and O–H groups in total. The number of carbonyl (C=O) groups excluding carboxylic acids is 1. The summed E-state index contributed by atoms with van der Waals surface area (Å²) >= 11 is 0. The number of rotatable bonds is 3. The van der Waals surface area contributed by atoms with Crippen molar-refractivity contribution in [2.75, 3.05) is 20.7 Å². The maximum absolute atomic E-state index is 11.4. The van der Waals surface area contributed by atoms with Crippen molar-refractivity contribution < 1.29 is 9.63 Å². The standard InChI is InChI=1S/C8H16N2O2/c1-10(12-2)8(11)7-3-6(4-7)5-9/h6-7H,3-5,9H2,1-2H3. The summed E-state index contributed by atoms with van der Waals surface area (Å²) in [6, 6.07) is 0. The van der Waals surface area contributed by atoms with Gasteiger partial charge in [-0.15, -0.1) is 0 Å². The minimum absolute atomic E-state index is 0.0715. The summed E-state index contributed by atoms with van der Waals surface area (Å²) in [5.41, 5.74) is 5.45. The second kappa shape index (κ2) is 3.87. The predicted molar refractivity (Wildman–Crippen MR) is 45.0 cm³/mol. The fourth-order valence-electron chi connectivity index (χ4n) is 1.48. The zero-order chi connectivity index (χ0) is 9.14. The Morgan fingerprint density at radius 2 is 2.25 bits per heavy atom. The lowest BCUT2D eigenvalue weighted by molar-refractivity contribution is -0.177. The zero-order valence-electron chi connectivity index (χ0n) is 7.62. The second-order valence-corrected chi connectivity index (χ2v) is 3.29. The third-order valence-corrected chi connectivity index (χ3v) is 2.50. The summed E-state index contributed by atoms with van der Waals surface area (Å²) in [4.78, 5) is 16.2. The summed E-state index contributed by atoms with van der Waals surface area (Å²) in [6.07, 6.45) is 1.84. The van der Waals surface area contributed by atoms with Crippen molar-refractivity contribution in [3.05, 3.63) is 0 Å². The summed E-state index contributed by atoms with van der Waals surface area (Å²) in [6.45, 7) is 0.695. The summed E-state index contributed by atoms with van der Waals surface area (Å²) in [7, 11) is 3.13. The average Bonchev–Trinajstić information content (AvgIpc) is 2.01. The fraction of sp³-hybridized carbons (Fsp3) is 0.875. The normalized spacial score (nSPS) is 27.9. The Balaban J connectivity index is 2.28. The third kappa shape index (κ3) is 1.76. The Morgan fingerprint density at radius 1 is 1.67 bits per heavy atom. The van der Waals surface area contributed by atoms with Crippen molar-refractivity contribution in [3.8, 4) is 0 Å². The molecule has 12 heavy (non-hydrogen) atoms. The molecule has 0 radical (unpaired) electrons. The number of hydroxylamine groups is 2. The molecule has 0 aromatic heterocycles. The largest absolute Gasteiger partial charge is 0.330 e. The molecule has 0 atom stereocenters. The Morgan fingerprint density at radius 3 is 2.67 bits per heavy atom. The topological polar surface area (TPSA) is 55.6 Å². The highest BCUT2D eigenvalue weighted by Crippen LogP contribution is 2.33. The number of nitrogens with two attached hydrogens (primary N) is 1. The van der Waals surface area contributed by atoms with Gasteiger partial charge in [-0.1, -0.05) is 0 Å². The molecular formula is C8H16N2O2. The number of hydrogen-bond acceptors (Lipinski definition) is 3. The van der Waals surface area contributed by atoms with Gasteiger partial charge in [0.2, 0.25) is 5.91 Å². The van der Waals surface area contributed by atoms with E-state index in [1.54, 1.807) is 7.05 Å². The summed E-state index contributed by atoms with van der Waals surface area (Å²) < 4.78 is 0. The van der Waals surface area contributed by atoms with E-state index >= 15 is 0 Å². The third-order valence-electron chi connectivity index (χ3n) is 2.50. The lowest BCUT2D eigenvalue weighted by Gasteiger charge is -2.34. The summed E-state index contributed by atoms with van der Waals surface area (Å²) in [5.74, 6) is 0.759. The minimum Gasteiger partial charge on any atom is -0.330 e. The first-order valence-corrected chi connectivity index (χ1v) is 4.20. The molecule has 0 aromatic rings. The van der Waals surface area contributed by atoms with E-state index in [2.05, 4.69) is 0 Å². The number of carbonyl (C=O) groups is 1. The molecule has 1 rings (SSSR count). The van der Waals surface area contributed by atoms with Crippen LogP contribution in [0.4, 0.5) is 0 Å². The highest BCUT2D eigenvalue weighted by molar-refractivity contribution is 5.78. The van der Waals surface area contributed by atoms with Gasteiger partial charge in [-0.05, 0) is 25.3 Å². The van der Waals surface area contributed by atoms with Gasteiger partial charge in [0.25, 0.3) is 0 Å². The van der Waals surface area contributed by atoms with Crippen molar-refractivity contribution in [1.29, 1.82) is 0 Å². The lowest BCUT2D eigenvalue weighted by atomic mass is 9.74. The molecule has 0 aliphatic heterocycles. The fourth-order valence-corrected chi connectivity index (χ4v) is 1.48. The van der Waals surface area contributed by atoms with Crippen LogP contribution in [0.2, 0.25) is 0 Å². The van der Waals surface area contributed by atoms with Gasteiger partial charge in [0.15, 0.2) is 0 Å². The molecule has 1 aliphatic rings. The molecule has 0 bridgehead atoms. The molecule has 4 nitrogen and oxygen atoms in total. The predicted octanol–water partition coefficient (Wildman–Crippen LogP) is -0.00890. The van der Waals surface area contributed by atoms with Crippen molar-refractivity contribution in [2.24, 2.45) is 17.6 Å². The van der Waals surface area contributed by atoms with Crippen LogP contribution >= 0.6 is 0 Å². The van der Waals surface area contributed by atoms with Gasteiger partial charge < -0.3 is 5.73 Å². The van der Waals surface area contributed by atoms with Crippen LogP contribution in [0.3, 0.4) is 0 Å². The van der Waals surface area contributed by atoms with Crippen LogP contribution in [-0.4, -0.2) is 31.7 Å². The molecule has 0 saturated heterocycles. The molecule has 1 fully saturated rings. The van der Waals surface area contributed by atoms with Crippen molar-refractivity contribution in [1.82, 2.24) is 5.06 Å². The average molecular weight is 172 g/mol. The van der Waals surface area contributed by atoms with Gasteiger partial charge in [-0.25, -0.2) is 5.06 Å². The summed E-state index contributed by atoms with van der Waals surface area (Å²) in [5, 5.41) is 1.29. The second-order valence-electron chi connectivity index (χ2n) is 3.29. The van der Waals surface area contributed by atoms with Crippen LogP contribution in [0.5, 0.6) is 0 Å². The highest BCUT2D eigenvalue weighted by atomic mass is 16.7. The SMILES string of the molecule is CON(C)C(=O)C1CC(CN)C1. The lowest BCUT2D eigenvalue weighted by Crippen LogP contribution is -2.41. The molecule has 0 aromatic carbocycles. The number of nitrogens with zero attached hydrogens (tertiary/aromatic N) is 1. The Kier molecular flexibility index (Phi) is 3.05. The van der Waals surface area contributed by atoms with Gasteiger partial charge >= 0.3 is 0 Å². The van der Waals surface area contributed by atoms with Crippen LogP contribution in [0.25, 0.3) is 0 Å². The molecule has 4 heteroatoms. The minimum atomic E-state index is 0.0715. The first-order valence-electron chi connectivity index (χ1n) is 4.20. The molecule has 0 unspecified atom stereocenters. The Bertz CT molecular complexity index is 166. The van der Waals surface area contributed by atoms with Gasteiger partial charge in [0.1, 0.15) is 0 Å². The molecular weight excluding hydrogens is 156 g/mol. The van der Waals surface area contributed by atoms with Gasteiger partial charge in [-0.3, -0.25) is 9.63 Å². The highest BCUT2D eigenvalue weighted by Gasteiger charge is 2.35. The zero-order valence-corrected chi connectivity index (χ0v) is 7.62. The molecule has 1 amide bonds. The Hall–Kier alpha value is -0.610. The van der Waals surface area contributed by atoms with E-state index in [-0.39, 0.29) is 11.8 Å². The van der Waals surface area contributed by atoms with Crippen molar-refractivity contribution in [2.45, 2.75) is 12.8 Å². The number of hydrogen-bond donors (Lipinski definition) is 1. The van der Waals surface area contributed by atoms with Crippen molar-refractivity contribution >= 4 is 5.91 Å². The quantitative estimate of drug-likeness (QED) is 0.609. The van der Waals surface area contributed by atoms with E-state index in [0.717, 1.165) is 12.8 Å². The maximum Gasteiger partial charge on any atom is 0.248 e. The molecule has 1 aliphatic carbocycles. The van der Waals surface area contributed by atoms with E-state index in [1.807, 2.05) is 0 Å². The van der Waals surface area contributed by atoms with E-state index in [4.69, 9.17) is 10.6 Å². The van der Waals surface area contributed by atoms with Gasteiger partial charge in [0, 0.05) is 13.0 Å². The van der Waals surface area contributed by atoms with E-state index < -0.39 is 0 Å². The van der Waals surface area contributed by atoms with Crippen LogP contribution in [0.1, 0.15) is 12.8 Å². The van der Waals surface area contributed by atoms with Gasteiger partial charge in [-0.2, -0.15) is 0 Å². The first-order chi connectivity index (χ1) is 5.69. The smallest absolute Gasteiger partial charge is 0.248 e. The van der Waals surface area contributed by atoms with Crippen LogP contribution < -0.4 is 5.73 Å².